The first-order valence-electron chi connectivity index (χ1n) is 9.45. The molecule has 2 saturated carbocycles. The summed E-state index contributed by atoms with van der Waals surface area (Å²) in [4.78, 5) is 25.7. The normalized spacial score (nSPS) is 31.4. The number of sulfonamides is 1. The summed E-state index contributed by atoms with van der Waals surface area (Å²) in [5.74, 6) is 0.540. The monoisotopic (exact) mass is 386 g/mol. The van der Waals surface area contributed by atoms with E-state index in [1.807, 2.05) is 13.8 Å². The van der Waals surface area contributed by atoms with Crippen LogP contribution in [0.3, 0.4) is 0 Å². The molecule has 26 heavy (non-hydrogen) atoms. The lowest BCUT2D eigenvalue weighted by atomic mass is 9.70. The van der Waals surface area contributed by atoms with Gasteiger partial charge in [0.05, 0.1) is 12.9 Å². The molecular formula is C18H30N2O5S. The average molecular weight is 387 g/mol. The van der Waals surface area contributed by atoms with Gasteiger partial charge in [0.25, 0.3) is 0 Å². The number of ketones is 1. The molecule has 1 aliphatic heterocycles. The number of rotatable bonds is 5. The highest BCUT2D eigenvalue weighted by molar-refractivity contribution is 7.89. The zero-order valence-corrected chi connectivity index (χ0v) is 16.7. The topological polar surface area (TPSA) is 92.8 Å². The number of ether oxygens (including phenoxy) is 1. The van der Waals surface area contributed by atoms with E-state index in [1.165, 1.54) is 7.11 Å². The van der Waals surface area contributed by atoms with Crippen LogP contribution in [-0.4, -0.2) is 57.7 Å². The summed E-state index contributed by atoms with van der Waals surface area (Å²) in [6.45, 7) is 5.62. The maximum absolute atomic E-state index is 12.7. The maximum Gasteiger partial charge on any atom is 0.409 e. The second kappa shape index (κ2) is 6.78. The van der Waals surface area contributed by atoms with Crippen molar-refractivity contribution in [3.05, 3.63) is 0 Å². The summed E-state index contributed by atoms with van der Waals surface area (Å²) in [7, 11) is -2.16. The standard InChI is InChI=1S/C18H30N2O5S/c1-17(2)14-4-7-18(17,15(21)10-14)12-26(23,24)19-11-13-5-8-20(9-6-13)16(22)25-3/h13-14,19H,4-12H2,1-3H3/t14-,18-/m1/s1. The lowest BCUT2D eigenvalue weighted by Crippen LogP contribution is -2.47. The SMILES string of the molecule is COC(=O)N1CCC(CNS(=O)(=O)C[C@]23CC[C@H](CC2=O)C3(C)C)CC1. The van der Waals surface area contributed by atoms with Crippen LogP contribution in [0.15, 0.2) is 0 Å². The van der Waals surface area contributed by atoms with E-state index in [-0.39, 0.29) is 29.0 Å². The summed E-state index contributed by atoms with van der Waals surface area (Å²) in [5.41, 5.74) is -0.970. The second-order valence-corrected chi connectivity index (χ2v) is 10.5. The molecular weight excluding hydrogens is 356 g/mol. The fraction of sp³-hybridized carbons (Fsp3) is 0.889. The van der Waals surface area contributed by atoms with Crippen molar-refractivity contribution in [2.75, 3.05) is 32.5 Å². The van der Waals surface area contributed by atoms with Gasteiger partial charge in [0, 0.05) is 31.5 Å². The van der Waals surface area contributed by atoms with E-state index in [4.69, 9.17) is 4.74 Å². The van der Waals surface area contributed by atoms with Crippen LogP contribution in [0, 0.1) is 22.7 Å². The Hall–Kier alpha value is -1.15. The van der Waals surface area contributed by atoms with Gasteiger partial charge in [0.1, 0.15) is 5.78 Å². The quantitative estimate of drug-likeness (QED) is 0.777. The Kier molecular flexibility index (Phi) is 5.11. The first-order valence-corrected chi connectivity index (χ1v) is 11.1. The molecule has 7 nitrogen and oxygen atoms in total. The van der Waals surface area contributed by atoms with Crippen molar-refractivity contribution in [2.24, 2.45) is 22.7 Å². The summed E-state index contributed by atoms with van der Waals surface area (Å²) in [5, 5.41) is 0. The van der Waals surface area contributed by atoms with E-state index < -0.39 is 15.4 Å². The number of nitrogens with one attached hydrogen (secondary N) is 1. The number of carbonyl (C=O) groups is 2. The van der Waals surface area contributed by atoms with Gasteiger partial charge in [-0.25, -0.2) is 17.9 Å². The number of nitrogens with zero attached hydrogens (tertiary/aromatic N) is 1. The van der Waals surface area contributed by atoms with Crippen LogP contribution in [-0.2, 0) is 19.6 Å². The third-order valence-corrected chi connectivity index (χ3v) is 8.69. The van der Waals surface area contributed by atoms with Gasteiger partial charge in [-0.05, 0) is 42.9 Å². The minimum Gasteiger partial charge on any atom is -0.453 e. The lowest BCUT2D eigenvalue weighted by Gasteiger charge is -2.36. The Morgan fingerprint density at radius 1 is 1.27 bits per heavy atom. The molecule has 1 heterocycles. The minimum atomic E-state index is -3.52. The highest BCUT2D eigenvalue weighted by atomic mass is 32.2. The minimum absolute atomic E-state index is 0.0939. The molecule has 0 aromatic carbocycles. The van der Waals surface area contributed by atoms with Crippen LogP contribution in [0.4, 0.5) is 4.79 Å². The number of hydrogen-bond donors (Lipinski definition) is 1. The molecule has 1 saturated heterocycles. The van der Waals surface area contributed by atoms with Gasteiger partial charge in [-0.15, -0.1) is 0 Å². The molecule has 0 aromatic rings. The maximum atomic E-state index is 12.7. The van der Waals surface area contributed by atoms with Crippen LogP contribution in [0.25, 0.3) is 0 Å². The number of methoxy groups -OCH3 is 1. The molecule has 8 heteroatoms. The van der Waals surface area contributed by atoms with Crippen molar-refractivity contribution in [3.63, 3.8) is 0 Å². The first-order chi connectivity index (χ1) is 12.1. The highest BCUT2D eigenvalue weighted by Crippen LogP contribution is 2.64. The molecule has 2 atom stereocenters. The third-order valence-electron chi connectivity index (χ3n) is 7.21. The Balaban J connectivity index is 1.56. The van der Waals surface area contributed by atoms with Crippen molar-refractivity contribution in [3.8, 4) is 0 Å². The Labute approximate surface area is 155 Å². The van der Waals surface area contributed by atoms with E-state index in [9.17, 15) is 18.0 Å². The summed E-state index contributed by atoms with van der Waals surface area (Å²) in [6, 6.07) is 0. The summed E-state index contributed by atoms with van der Waals surface area (Å²) in [6.07, 6.45) is 3.31. The largest absolute Gasteiger partial charge is 0.453 e. The average Bonchev–Trinajstić information content (AvgIpc) is 2.93. The van der Waals surface area contributed by atoms with Gasteiger partial charge in [-0.3, -0.25) is 4.79 Å². The van der Waals surface area contributed by atoms with Gasteiger partial charge in [-0.2, -0.15) is 0 Å². The number of hydrogen-bond acceptors (Lipinski definition) is 5. The molecule has 148 valence electrons. The van der Waals surface area contributed by atoms with Crippen LogP contribution < -0.4 is 4.72 Å². The van der Waals surface area contributed by atoms with Crippen LogP contribution in [0.1, 0.15) is 46.0 Å². The molecule has 1 N–H and O–H groups in total. The molecule has 3 fully saturated rings. The molecule has 2 aliphatic carbocycles. The van der Waals surface area contributed by atoms with Gasteiger partial charge >= 0.3 is 6.09 Å². The molecule has 0 unspecified atom stereocenters. The second-order valence-electron chi connectivity index (χ2n) is 8.67. The predicted molar refractivity (Wildman–Crippen MR) is 97.1 cm³/mol. The Morgan fingerprint density at radius 2 is 1.92 bits per heavy atom. The molecule has 0 spiro atoms. The molecule has 0 aromatic heterocycles. The molecule has 2 bridgehead atoms. The summed E-state index contributed by atoms with van der Waals surface area (Å²) >= 11 is 0. The fourth-order valence-corrected chi connectivity index (χ4v) is 7.09. The number of fused-ring (bicyclic) bond motifs is 2. The number of amides is 1. The van der Waals surface area contributed by atoms with Crippen LogP contribution >= 0.6 is 0 Å². The third kappa shape index (κ3) is 3.26. The first kappa shape index (κ1) is 19.6. The van der Waals surface area contributed by atoms with E-state index in [0.717, 1.165) is 19.3 Å². The zero-order chi connectivity index (χ0) is 19.2. The number of carbonyl (C=O) groups excluding carboxylic acids is 2. The summed E-state index contributed by atoms with van der Waals surface area (Å²) < 4.78 is 32.9. The number of piperidine rings is 1. The highest BCUT2D eigenvalue weighted by Gasteiger charge is 2.65. The molecule has 3 rings (SSSR count). The Bertz CT molecular complexity index is 682. The molecule has 1 amide bonds. The smallest absolute Gasteiger partial charge is 0.409 e. The van der Waals surface area contributed by atoms with Crippen molar-refractivity contribution in [2.45, 2.75) is 46.0 Å². The number of likely N-dealkylation sites (tertiary alicyclic amines) is 1. The van der Waals surface area contributed by atoms with Crippen LogP contribution in [0.5, 0.6) is 0 Å². The van der Waals surface area contributed by atoms with Crippen LogP contribution in [0.2, 0.25) is 0 Å². The van der Waals surface area contributed by atoms with E-state index in [1.54, 1.807) is 4.90 Å². The van der Waals surface area contributed by atoms with E-state index in [2.05, 4.69) is 4.72 Å². The van der Waals surface area contributed by atoms with Gasteiger partial charge in [0.2, 0.25) is 10.0 Å². The van der Waals surface area contributed by atoms with Gasteiger partial charge in [-0.1, -0.05) is 13.8 Å². The molecule has 3 aliphatic rings. The van der Waals surface area contributed by atoms with Crippen molar-refractivity contribution < 1.29 is 22.7 Å². The molecule has 0 radical (unpaired) electrons. The fourth-order valence-electron chi connectivity index (χ4n) is 5.18. The van der Waals surface area contributed by atoms with Gasteiger partial charge in [0.15, 0.2) is 0 Å². The number of Topliss-reactive ketones (excluding diaryl/α,β-unsaturated/α-hetero) is 1. The van der Waals surface area contributed by atoms with Crippen molar-refractivity contribution in [1.29, 1.82) is 0 Å². The van der Waals surface area contributed by atoms with Gasteiger partial charge < -0.3 is 9.64 Å². The van der Waals surface area contributed by atoms with E-state index >= 15 is 0 Å². The Morgan fingerprint density at radius 3 is 2.42 bits per heavy atom. The van der Waals surface area contributed by atoms with Crippen molar-refractivity contribution in [1.82, 2.24) is 9.62 Å². The zero-order valence-electron chi connectivity index (χ0n) is 15.9. The van der Waals surface area contributed by atoms with Crippen molar-refractivity contribution >= 4 is 21.9 Å². The predicted octanol–water partition coefficient (Wildman–Crippen LogP) is 1.78. The van der Waals surface area contributed by atoms with E-state index in [0.29, 0.717) is 38.4 Å². The lowest BCUT2D eigenvalue weighted by molar-refractivity contribution is -0.128.